The van der Waals surface area contributed by atoms with Gasteiger partial charge in [-0.05, 0) is 31.2 Å². The minimum Gasteiger partial charge on any atom is -0.486 e. The van der Waals surface area contributed by atoms with Crippen LogP contribution >= 0.6 is 0 Å². The number of alkyl halides is 3. The van der Waals surface area contributed by atoms with E-state index in [2.05, 4.69) is 4.98 Å². The number of nitrogen functional groups attached to an aromatic ring is 1. The first-order chi connectivity index (χ1) is 9.40. The van der Waals surface area contributed by atoms with Crippen LogP contribution in [0.3, 0.4) is 0 Å². The number of aryl methyl sites for hydroxylation is 1. The number of nitrogens with two attached hydrogens (primary N) is 1. The van der Waals surface area contributed by atoms with E-state index in [0.717, 1.165) is 12.1 Å². The van der Waals surface area contributed by atoms with Gasteiger partial charge in [-0.3, -0.25) is 0 Å². The standard InChI is InChI=1S/C13H14F3N3O/c1-2-19-7-11(17)18-12(19)8-20-10-5-3-9(4-6-10)13(14,15)16/h3-7H,2,8,17H2,1H3. The van der Waals surface area contributed by atoms with Crippen LogP contribution in [0.1, 0.15) is 18.3 Å². The van der Waals surface area contributed by atoms with Gasteiger partial charge in [-0.25, -0.2) is 4.98 Å². The first-order valence-corrected chi connectivity index (χ1v) is 6.01. The van der Waals surface area contributed by atoms with E-state index < -0.39 is 11.7 Å². The molecule has 0 spiro atoms. The number of benzene rings is 1. The lowest BCUT2D eigenvalue weighted by atomic mass is 10.2. The van der Waals surface area contributed by atoms with E-state index in [0.29, 0.717) is 23.9 Å². The van der Waals surface area contributed by atoms with Crippen molar-refractivity contribution in [2.24, 2.45) is 0 Å². The Morgan fingerprint density at radius 2 is 1.90 bits per heavy atom. The number of imidazole rings is 1. The average molecular weight is 285 g/mol. The first kappa shape index (κ1) is 14.2. The van der Waals surface area contributed by atoms with Crippen molar-refractivity contribution in [2.75, 3.05) is 5.73 Å². The highest BCUT2D eigenvalue weighted by Gasteiger charge is 2.30. The molecule has 1 aromatic carbocycles. The third-order valence-corrected chi connectivity index (χ3v) is 2.77. The maximum Gasteiger partial charge on any atom is 0.416 e. The summed E-state index contributed by atoms with van der Waals surface area (Å²) in [6.07, 6.45) is -2.66. The van der Waals surface area contributed by atoms with Crippen molar-refractivity contribution in [1.82, 2.24) is 9.55 Å². The zero-order chi connectivity index (χ0) is 14.8. The Hall–Kier alpha value is -2.18. The Morgan fingerprint density at radius 3 is 2.45 bits per heavy atom. The second-order valence-electron chi connectivity index (χ2n) is 4.18. The zero-order valence-corrected chi connectivity index (χ0v) is 10.8. The van der Waals surface area contributed by atoms with Crippen molar-refractivity contribution < 1.29 is 17.9 Å². The molecule has 7 heteroatoms. The summed E-state index contributed by atoms with van der Waals surface area (Å²) in [6, 6.07) is 4.53. The van der Waals surface area contributed by atoms with Crippen LogP contribution in [-0.2, 0) is 19.3 Å². The fraction of sp³-hybridized carbons (Fsp3) is 0.308. The largest absolute Gasteiger partial charge is 0.486 e. The van der Waals surface area contributed by atoms with Crippen molar-refractivity contribution in [2.45, 2.75) is 26.3 Å². The molecular formula is C13H14F3N3O. The normalized spacial score (nSPS) is 11.6. The average Bonchev–Trinajstić information content (AvgIpc) is 2.76. The molecule has 1 heterocycles. The van der Waals surface area contributed by atoms with Crippen molar-refractivity contribution in [1.29, 1.82) is 0 Å². The van der Waals surface area contributed by atoms with Crippen LogP contribution in [0, 0.1) is 0 Å². The number of nitrogens with zero attached hydrogens (tertiary/aromatic N) is 2. The van der Waals surface area contributed by atoms with Gasteiger partial charge in [0.25, 0.3) is 0 Å². The van der Waals surface area contributed by atoms with Crippen LogP contribution in [0.5, 0.6) is 5.75 Å². The Morgan fingerprint density at radius 1 is 1.25 bits per heavy atom. The van der Waals surface area contributed by atoms with Gasteiger partial charge in [0.15, 0.2) is 0 Å². The quantitative estimate of drug-likeness (QED) is 0.939. The summed E-state index contributed by atoms with van der Waals surface area (Å²) in [5.41, 5.74) is 4.87. The molecule has 1 aromatic heterocycles. The van der Waals surface area contributed by atoms with Crippen molar-refractivity contribution >= 4 is 5.82 Å². The number of ether oxygens (including phenoxy) is 1. The van der Waals surface area contributed by atoms with Gasteiger partial charge in [-0.1, -0.05) is 0 Å². The summed E-state index contributed by atoms with van der Waals surface area (Å²) < 4.78 is 44.4. The van der Waals surface area contributed by atoms with Gasteiger partial charge < -0.3 is 15.0 Å². The first-order valence-electron chi connectivity index (χ1n) is 6.01. The van der Waals surface area contributed by atoms with Gasteiger partial charge in [-0.15, -0.1) is 0 Å². The third-order valence-electron chi connectivity index (χ3n) is 2.77. The lowest BCUT2D eigenvalue weighted by molar-refractivity contribution is -0.137. The predicted octanol–water partition coefficient (Wildman–Crippen LogP) is 3.08. The molecule has 0 radical (unpaired) electrons. The number of anilines is 1. The molecule has 0 atom stereocenters. The molecule has 0 bridgehead atoms. The molecule has 0 aliphatic carbocycles. The molecule has 4 nitrogen and oxygen atoms in total. The van der Waals surface area contributed by atoms with Gasteiger partial charge in [-0.2, -0.15) is 13.2 Å². The summed E-state index contributed by atoms with van der Waals surface area (Å²) in [4.78, 5) is 4.09. The number of aromatic nitrogens is 2. The van der Waals surface area contributed by atoms with E-state index in [1.165, 1.54) is 12.1 Å². The smallest absolute Gasteiger partial charge is 0.416 e. The van der Waals surface area contributed by atoms with E-state index in [4.69, 9.17) is 10.5 Å². The molecule has 0 saturated carbocycles. The lowest BCUT2D eigenvalue weighted by Gasteiger charge is -2.09. The SMILES string of the molecule is CCn1cc(N)nc1COc1ccc(C(F)(F)F)cc1. The van der Waals surface area contributed by atoms with Gasteiger partial charge in [0.05, 0.1) is 5.56 Å². The molecule has 2 rings (SSSR count). The number of rotatable bonds is 4. The number of hydrogen-bond acceptors (Lipinski definition) is 3. The second kappa shape index (κ2) is 5.44. The van der Waals surface area contributed by atoms with Crippen LogP contribution in [0.4, 0.5) is 19.0 Å². The van der Waals surface area contributed by atoms with Crippen LogP contribution in [-0.4, -0.2) is 9.55 Å². The van der Waals surface area contributed by atoms with Crippen LogP contribution < -0.4 is 10.5 Å². The van der Waals surface area contributed by atoms with Crippen LogP contribution in [0.15, 0.2) is 30.5 Å². The summed E-state index contributed by atoms with van der Waals surface area (Å²) >= 11 is 0. The second-order valence-corrected chi connectivity index (χ2v) is 4.18. The number of hydrogen-bond donors (Lipinski definition) is 1. The van der Waals surface area contributed by atoms with E-state index in [1.54, 1.807) is 6.20 Å². The maximum absolute atomic E-state index is 12.4. The molecule has 20 heavy (non-hydrogen) atoms. The topological polar surface area (TPSA) is 53.1 Å². The molecule has 0 amide bonds. The molecule has 2 aromatic rings. The third kappa shape index (κ3) is 3.23. The predicted molar refractivity (Wildman–Crippen MR) is 68.1 cm³/mol. The Bertz CT molecular complexity index is 576. The molecule has 0 fully saturated rings. The van der Waals surface area contributed by atoms with E-state index in [9.17, 15) is 13.2 Å². The zero-order valence-electron chi connectivity index (χ0n) is 10.8. The van der Waals surface area contributed by atoms with Crippen molar-refractivity contribution in [3.63, 3.8) is 0 Å². The summed E-state index contributed by atoms with van der Waals surface area (Å²) in [6.45, 7) is 2.77. The van der Waals surface area contributed by atoms with Gasteiger partial charge in [0.2, 0.25) is 0 Å². The Balaban J connectivity index is 2.04. The van der Waals surface area contributed by atoms with Crippen LogP contribution in [0.25, 0.3) is 0 Å². The van der Waals surface area contributed by atoms with Crippen LogP contribution in [0.2, 0.25) is 0 Å². The molecule has 0 saturated heterocycles. The summed E-state index contributed by atoms with van der Waals surface area (Å²) in [7, 11) is 0. The highest BCUT2D eigenvalue weighted by atomic mass is 19.4. The van der Waals surface area contributed by atoms with Gasteiger partial charge >= 0.3 is 6.18 Å². The van der Waals surface area contributed by atoms with Gasteiger partial charge in [0, 0.05) is 12.7 Å². The Kier molecular flexibility index (Phi) is 3.87. The minimum absolute atomic E-state index is 0.149. The molecule has 0 aliphatic heterocycles. The van der Waals surface area contributed by atoms with E-state index >= 15 is 0 Å². The lowest BCUT2D eigenvalue weighted by Crippen LogP contribution is -2.06. The van der Waals surface area contributed by atoms with E-state index in [-0.39, 0.29) is 6.61 Å². The summed E-state index contributed by atoms with van der Waals surface area (Å²) in [5.74, 6) is 1.37. The molecular weight excluding hydrogens is 271 g/mol. The molecule has 2 N–H and O–H groups in total. The Labute approximate surface area is 114 Å². The molecule has 0 aliphatic rings. The minimum atomic E-state index is -4.34. The fourth-order valence-electron chi connectivity index (χ4n) is 1.75. The molecule has 108 valence electrons. The highest BCUT2D eigenvalue weighted by molar-refractivity contribution is 5.29. The van der Waals surface area contributed by atoms with Gasteiger partial charge in [0.1, 0.15) is 24.0 Å². The maximum atomic E-state index is 12.4. The van der Waals surface area contributed by atoms with Crippen molar-refractivity contribution in [3.05, 3.63) is 41.9 Å². The fourth-order valence-corrected chi connectivity index (χ4v) is 1.75. The van der Waals surface area contributed by atoms with E-state index in [1.807, 2.05) is 11.5 Å². The van der Waals surface area contributed by atoms with Crippen molar-refractivity contribution in [3.8, 4) is 5.75 Å². The molecule has 0 unspecified atom stereocenters. The monoisotopic (exact) mass is 285 g/mol. The number of halogens is 3. The highest BCUT2D eigenvalue weighted by Crippen LogP contribution is 2.30. The summed E-state index contributed by atoms with van der Waals surface area (Å²) in [5, 5.41) is 0.